The van der Waals surface area contributed by atoms with Gasteiger partial charge in [0, 0.05) is 39.3 Å². The van der Waals surface area contributed by atoms with Gasteiger partial charge in [0.05, 0.1) is 12.7 Å². The number of benzene rings is 2. The Balaban J connectivity index is 1.42. The van der Waals surface area contributed by atoms with Gasteiger partial charge in [-0.15, -0.1) is 0 Å². The predicted molar refractivity (Wildman–Crippen MR) is 99.6 cm³/mol. The molecular weight excluding hydrogens is 312 g/mol. The highest BCUT2D eigenvalue weighted by Crippen LogP contribution is 2.11. The third kappa shape index (κ3) is 5.15. The first-order valence-electron chi connectivity index (χ1n) is 8.90. The van der Waals surface area contributed by atoms with Gasteiger partial charge in [-0.3, -0.25) is 4.90 Å². The Labute approximate surface area is 150 Å². The van der Waals surface area contributed by atoms with Crippen molar-refractivity contribution >= 4 is 5.97 Å². The van der Waals surface area contributed by atoms with Gasteiger partial charge < -0.3 is 9.64 Å². The first-order chi connectivity index (χ1) is 12.2. The average Bonchev–Trinajstić information content (AvgIpc) is 2.68. The maximum atomic E-state index is 11.5. The number of ether oxygens (including phenoxy) is 1. The van der Waals surface area contributed by atoms with Crippen LogP contribution in [0.3, 0.4) is 0 Å². The molecule has 2 aromatic rings. The number of carbonyl (C=O) groups excluding carboxylic acids is 1. The summed E-state index contributed by atoms with van der Waals surface area (Å²) in [5.74, 6) is -0.279. The molecule has 1 aliphatic rings. The van der Waals surface area contributed by atoms with E-state index in [1.807, 2.05) is 24.3 Å². The van der Waals surface area contributed by atoms with Crippen molar-refractivity contribution in [3.63, 3.8) is 0 Å². The summed E-state index contributed by atoms with van der Waals surface area (Å²) in [5, 5.41) is 0. The maximum Gasteiger partial charge on any atom is 0.337 e. The molecule has 1 fully saturated rings. The van der Waals surface area contributed by atoms with Crippen LogP contribution < -0.4 is 0 Å². The Morgan fingerprint density at radius 2 is 1.52 bits per heavy atom. The van der Waals surface area contributed by atoms with E-state index in [1.54, 1.807) is 0 Å². The number of rotatable bonds is 6. The van der Waals surface area contributed by atoms with Gasteiger partial charge in [0.2, 0.25) is 0 Å². The van der Waals surface area contributed by atoms with Crippen LogP contribution in [0.5, 0.6) is 0 Å². The molecule has 132 valence electrons. The SMILES string of the molecule is COC(=O)c1ccc(CN2CCN(CCc3ccccc3)CC2)cc1. The van der Waals surface area contributed by atoms with Crippen LogP contribution in [0.2, 0.25) is 0 Å². The van der Waals surface area contributed by atoms with Gasteiger partial charge in [-0.1, -0.05) is 42.5 Å². The lowest BCUT2D eigenvalue weighted by Gasteiger charge is -2.34. The summed E-state index contributed by atoms with van der Waals surface area (Å²) in [6.45, 7) is 6.49. The van der Waals surface area contributed by atoms with E-state index in [2.05, 4.69) is 40.1 Å². The van der Waals surface area contributed by atoms with Crippen molar-refractivity contribution in [1.29, 1.82) is 0 Å². The van der Waals surface area contributed by atoms with Gasteiger partial charge in [0.1, 0.15) is 0 Å². The van der Waals surface area contributed by atoms with E-state index in [9.17, 15) is 4.79 Å². The minimum absolute atomic E-state index is 0.279. The van der Waals surface area contributed by atoms with Crippen LogP contribution in [0.1, 0.15) is 21.5 Å². The molecule has 0 aromatic heterocycles. The van der Waals surface area contributed by atoms with Crippen molar-refractivity contribution < 1.29 is 9.53 Å². The van der Waals surface area contributed by atoms with Crippen LogP contribution in [-0.4, -0.2) is 55.6 Å². The van der Waals surface area contributed by atoms with Gasteiger partial charge in [0.25, 0.3) is 0 Å². The molecule has 0 N–H and O–H groups in total. The third-order valence-corrected chi connectivity index (χ3v) is 4.81. The second kappa shape index (κ2) is 8.79. The number of hydrogen-bond acceptors (Lipinski definition) is 4. The van der Waals surface area contributed by atoms with Crippen molar-refractivity contribution in [2.24, 2.45) is 0 Å². The van der Waals surface area contributed by atoms with Crippen molar-refractivity contribution in [3.05, 3.63) is 71.3 Å². The highest BCUT2D eigenvalue weighted by molar-refractivity contribution is 5.89. The van der Waals surface area contributed by atoms with Crippen molar-refractivity contribution in [3.8, 4) is 0 Å². The fourth-order valence-electron chi connectivity index (χ4n) is 3.23. The molecule has 2 aromatic carbocycles. The van der Waals surface area contributed by atoms with E-state index in [4.69, 9.17) is 4.74 Å². The van der Waals surface area contributed by atoms with Crippen LogP contribution in [0.4, 0.5) is 0 Å². The fourth-order valence-corrected chi connectivity index (χ4v) is 3.23. The highest BCUT2D eigenvalue weighted by atomic mass is 16.5. The second-order valence-corrected chi connectivity index (χ2v) is 6.54. The molecule has 0 amide bonds. The monoisotopic (exact) mass is 338 g/mol. The Morgan fingerprint density at radius 1 is 0.880 bits per heavy atom. The molecule has 0 atom stereocenters. The molecular formula is C21H26N2O2. The molecule has 1 saturated heterocycles. The van der Waals surface area contributed by atoms with E-state index in [-0.39, 0.29) is 5.97 Å². The minimum Gasteiger partial charge on any atom is -0.465 e. The summed E-state index contributed by atoms with van der Waals surface area (Å²) >= 11 is 0. The van der Waals surface area contributed by atoms with Crippen molar-refractivity contribution in [2.45, 2.75) is 13.0 Å². The lowest BCUT2D eigenvalue weighted by molar-refractivity contribution is 0.0600. The molecule has 0 unspecified atom stereocenters. The van der Waals surface area contributed by atoms with Crippen molar-refractivity contribution in [1.82, 2.24) is 9.80 Å². The molecule has 0 saturated carbocycles. The van der Waals surface area contributed by atoms with E-state index in [0.717, 1.165) is 45.7 Å². The fraction of sp³-hybridized carbons (Fsp3) is 0.381. The molecule has 0 radical (unpaired) electrons. The highest BCUT2D eigenvalue weighted by Gasteiger charge is 2.17. The summed E-state index contributed by atoms with van der Waals surface area (Å²) in [6.07, 6.45) is 1.12. The minimum atomic E-state index is -0.279. The molecule has 4 nitrogen and oxygen atoms in total. The molecule has 0 aliphatic carbocycles. The number of carbonyl (C=O) groups is 1. The summed E-state index contributed by atoms with van der Waals surface area (Å²) in [6, 6.07) is 18.4. The standard InChI is InChI=1S/C21H26N2O2/c1-25-21(24)20-9-7-19(8-10-20)17-23-15-13-22(14-16-23)12-11-18-5-3-2-4-6-18/h2-10H,11-17H2,1H3. The van der Waals surface area contributed by atoms with Crippen LogP contribution >= 0.6 is 0 Å². The van der Waals surface area contributed by atoms with E-state index >= 15 is 0 Å². The predicted octanol–water partition coefficient (Wildman–Crippen LogP) is 2.83. The molecule has 0 bridgehead atoms. The maximum absolute atomic E-state index is 11.5. The normalized spacial score (nSPS) is 15.9. The largest absolute Gasteiger partial charge is 0.465 e. The summed E-state index contributed by atoms with van der Waals surface area (Å²) in [5.41, 5.74) is 3.26. The number of nitrogens with zero attached hydrogens (tertiary/aromatic N) is 2. The number of methoxy groups -OCH3 is 1. The Hall–Kier alpha value is -2.17. The molecule has 1 aliphatic heterocycles. The quantitative estimate of drug-likeness (QED) is 0.758. The average molecular weight is 338 g/mol. The first kappa shape index (κ1) is 17.6. The van der Waals surface area contributed by atoms with Gasteiger partial charge in [-0.25, -0.2) is 4.79 Å². The Morgan fingerprint density at radius 3 is 2.16 bits per heavy atom. The summed E-state index contributed by atoms with van der Waals surface area (Å²) < 4.78 is 4.74. The zero-order chi connectivity index (χ0) is 17.5. The molecule has 0 spiro atoms. The number of hydrogen-bond donors (Lipinski definition) is 0. The zero-order valence-corrected chi connectivity index (χ0v) is 14.9. The molecule has 25 heavy (non-hydrogen) atoms. The summed E-state index contributed by atoms with van der Waals surface area (Å²) in [4.78, 5) is 16.5. The Bertz CT molecular complexity index is 662. The lowest BCUT2D eigenvalue weighted by Crippen LogP contribution is -2.46. The van der Waals surface area contributed by atoms with Gasteiger partial charge in [-0.05, 0) is 29.7 Å². The van der Waals surface area contributed by atoms with Crippen LogP contribution in [0.25, 0.3) is 0 Å². The Kier molecular flexibility index (Phi) is 6.20. The molecule has 4 heteroatoms. The van der Waals surface area contributed by atoms with Crippen LogP contribution in [0, 0.1) is 0 Å². The van der Waals surface area contributed by atoms with E-state index < -0.39 is 0 Å². The second-order valence-electron chi connectivity index (χ2n) is 6.54. The van der Waals surface area contributed by atoms with Crippen LogP contribution in [-0.2, 0) is 17.7 Å². The number of piperazine rings is 1. The van der Waals surface area contributed by atoms with Gasteiger partial charge >= 0.3 is 5.97 Å². The van der Waals surface area contributed by atoms with E-state index in [1.165, 1.54) is 18.2 Å². The van der Waals surface area contributed by atoms with Gasteiger partial charge in [-0.2, -0.15) is 0 Å². The van der Waals surface area contributed by atoms with Crippen LogP contribution in [0.15, 0.2) is 54.6 Å². The topological polar surface area (TPSA) is 32.8 Å². The molecule has 1 heterocycles. The lowest BCUT2D eigenvalue weighted by atomic mass is 10.1. The third-order valence-electron chi connectivity index (χ3n) is 4.81. The van der Waals surface area contributed by atoms with E-state index in [0.29, 0.717) is 5.56 Å². The number of esters is 1. The first-order valence-corrected chi connectivity index (χ1v) is 8.90. The molecule has 3 rings (SSSR count). The summed E-state index contributed by atoms with van der Waals surface area (Å²) in [7, 11) is 1.41. The zero-order valence-electron chi connectivity index (χ0n) is 14.9. The van der Waals surface area contributed by atoms with Gasteiger partial charge in [0.15, 0.2) is 0 Å². The smallest absolute Gasteiger partial charge is 0.337 e. The van der Waals surface area contributed by atoms with Crippen molar-refractivity contribution in [2.75, 3.05) is 39.8 Å².